The first-order chi connectivity index (χ1) is 16.6. The second-order valence-corrected chi connectivity index (χ2v) is 10.0. The highest BCUT2D eigenvalue weighted by Crippen LogP contribution is 2.32. The van der Waals surface area contributed by atoms with Crippen molar-refractivity contribution in [2.45, 2.75) is 44.3 Å². The molecule has 2 unspecified atom stereocenters. The molecule has 5 nitrogen and oxygen atoms in total. The number of rotatable bonds is 3. The maximum Gasteiger partial charge on any atom is 0.376 e. The topological polar surface area (TPSA) is 56.2 Å². The summed E-state index contributed by atoms with van der Waals surface area (Å²) in [6.45, 7) is 6.14. The molecule has 0 bridgehead atoms. The molecule has 4 heterocycles. The summed E-state index contributed by atoms with van der Waals surface area (Å²) in [5.41, 5.74) is 5.48. The Morgan fingerprint density at radius 3 is 2.50 bits per heavy atom. The number of H-pyrrole nitrogens is 1. The second-order valence-electron chi connectivity index (χ2n) is 10.0. The molecule has 4 aromatic rings. The molecule has 2 saturated heterocycles. The normalized spacial score (nSPS) is 21.4. The van der Waals surface area contributed by atoms with Gasteiger partial charge >= 0.3 is 7.05 Å². The van der Waals surface area contributed by atoms with Gasteiger partial charge in [-0.1, -0.05) is 36.4 Å². The van der Waals surface area contributed by atoms with Crippen LogP contribution in [0, 0.1) is 0 Å². The van der Waals surface area contributed by atoms with E-state index in [4.69, 9.17) is 0 Å². The first-order valence-corrected chi connectivity index (χ1v) is 12.8. The van der Waals surface area contributed by atoms with E-state index in [1.165, 1.54) is 58.7 Å². The monoisotopic (exact) mass is 456 g/mol. The maximum absolute atomic E-state index is 9.72. The highest BCUT2D eigenvalue weighted by Gasteiger charge is 2.27. The Morgan fingerprint density at radius 2 is 1.71 bits per heavy atom. The number of para-hydroxylation sites is 2. The number of aromatic amines is 1. The molecule has 2 atom stereocenters. The molecule has 2 aromatic heterocycles. The number of fused-ring (bicyclic) bond motifs is 2. The number of aromatic nitrogens is 2. The number of benzene rings is 2. The summed E-state index contributed by atoms with van der Waals surface area (Å²) in [4.78, 5) is 5.51. The van der Waals surface area contributed by atoms with Crippen LogP contribution < -0.4 is 5.32 Å². The number of hydrogen-bond donors (Lipinski definition) is 3. The fourth-order valence-electron chi connectivity index (χ4n) is 5.85. The molecule has 0 amide bonds. The lowest BCUT2D eigenvalue weighted by atomic mass is 9.79. The first-order valence-electron chi connectivity index (χ1n) is 12.8. The minimum Gasteiger partial charge on any atom is -0.437 e. The van der Waals surface area contributed by atoms with Gasteiger partial charge in [0.05, 0.1) is 0 Å². The van der Waals surface area contributed by atoms with Crippen molar-refractivity contribution in [3.63, 3.8) is 0 Å². The van der Waals surface area contributed by atoms with Crippen LogP contribution in [-0.4, -0.2) is 52.6 Å². The van der Waals surface area contributed by atoms with Crippen molar-refractivity contribution in [3.8, 4) is 0 Å². The van der Waals surface area contributed by atoms with Gasteiger partial charge < -0.3 is 24.7 Å². The molecule has 2 aromatic carbocycles. The van der Waals surface area contributed by atoms with Gasteiger partial charge in [0.2, 0.25) is 0 Å². The Balaban J connectivity index is 0.000000142. The van der Waals surface area contributed by atoms with Gasteiger partial charge in [0.1, 0.15) is 0 Å². The molecule has 6 rings (SSSR count). The maximum atomic E-state index is 9.72. The van der Waals surface area contributed by atoms with Gasteiger partial charge in [-0.3, -0.25) is 0 Å². The second kappa shape index (κ2) is 10.4. The summed E-state index contributed by atoms with van der Waals surface area (Å²) < 4.78 is 2.25. The van der Waals surface area contributed by atoms with Gasteiger partial charge in [0.15, 0.2) is 0 Å². The molecule has 0 saturated carbocycles. The molecule has 2 fully saturated rings. The summed E-state index contributed by atoms with van der Waals surface area (Å²) in [5.74, 6) is 1.23. The standard InChI is InChI=1S/C14H19BN2O.C14H18N2/c1-15(18)17-8-4-5-11(10-17)13-9-16-14-7-3-2-6-12(13)14;1-16-10-13(11-5-4-8-15-9-11)12-6-2-3-7-14(12)16/h2-3,6-7,9,11,16,18H,4-5,8,10H2,1H3;2-3,6-7,10-11,15H,4-5,8-9H2,1H3. The predicted octanol–water partition coefficient (Wildman–Crippen LogP) is 5.10. The largest absolute Gasteiger partial charge is 0.437 e. The SMILES string of the molecule is CB(O)N1CCCC(c2c[nH]c3ccccc23)C1.Cn1cc(C2CCCNC2)c2ccccc21. The Kier molecular flexibility index (Phi) is 7.09. The Morgan fingerprint density at radius 1 is 0.941 bits per heavy atom. The average Bonchev–Trinajstić information content (AvgIpc) is 3.47. The van der Waals surface area contributed by atoms with Crippen molar-refractivity contribution < 1.29 is 5.02 Å². The van der Waals surface area contributed by atoms with Crippen molar-refractivity contribution in [1.82, 2.24) is 19.7 Å². The van der Waals surface area contributed by atoms with Crippen molar-refractivity contribution in [3.05, 3.63) is 72.1 Å². The third-order valence-corrected chi connectivity index (χ3v) is 7.71. The number of hydrogen-bond acceptors (Lipinski definition) is 3. The summed E-state index contributed by atoms with van der Waals surface area (Å²) >= 11 is 0. The molecule has 0 aliphatic carbocycles. The van der Waals surface area contributed by atoms with Crippen molar-refractivity contribution in [2.75, 3.05) is 26.2 Å². The van der Waals surface area contributed by atoms with E-state index >= 15 is 0 Å². The van der Waals surface area contributed by atoms with Crippen LogP contribution in [-0.2, 0) is 7.05 Å². The summed E-state index contributed by atoms with van der Waals surface area (Å²) in [7, 11) is 1.81. The molecule has 6 heteroatoms. The summed E-state index contributed by atoms with van der Waals surface area (Å²) in [6.07, 6.45) is 9.44. The van der Waals surface area contributed by atoms with Crippen LogP contribution >= 0.6 is 0 Å². The van der Waals surface area contributed by atoms with E-state index in [1.807, 2.05) is 6.82 Å². The van der Waals surface area contributed by atoms with Crippen LogP contribution in [0.4, 0.5) is 0 Å². The smallest absolute Gasteiger partial charge is 0.376 e. The van der Waals surface area contributed by atoms with Crippen molar-refractivity contribution in [1.29, 1.82) is 0 Å². The van der Waals surface area contributed by atoms with Crippen LogP contribution in [0.1, 0.15) is 48.6 Å². The molecular weight excluding hydrogens is 419 g/mol. The summed E-state index contributed by atoms with van der Waals surface area (Å²) in [6, 6.07) is 17.2. The van der Waals surface area contributed by atoms with Crippen LogP contribution in [0.15, 0.2) is 60.9 Å². The molecule has 178 valence electrons. The fraction of sp³-hybridized carbons (Fsp3) is 0.429. The molecule has 34 heavy (non-hydrogen) atoms. The van der Waals surface area contributed by atoms with Gasteiger partial charge in [0, 0.05) is 47.8 Å². The third kappa shape index (κ3) is 4.81. The lowest BCUT2D eigenvalue weighted by Crippen LogP contribution is -2.43. The summed E-state index contributed by atoms with van der Waals surface area (Å²) in [5, 5.41) is 16.0. The highest BCUT2D eigenvalue weighted by atomic mass is 16.2. The lowest BCUT2D eigenvalue weighted by Gasteiger charge is -2.33. The highest BCUT2D eigenvalue weighted by molar-refractivity contribution is 6.45. The molecule has 0 radical (unpaired) electrons. The van der Waals surface area contributed by atoms with E-state index in [9.17, 15) is 5.02 Å². The molecule has 3 N–H and O–H groups in total. The van der Waals surface area contributed by atoms with E-state index in [0.29, 0.717) is 11.8 Å². The number of aryl methyl sites for hydroxylation is 1. The quantitative estimate of drug-likeness (QED) is 0.376. The Labute approximate surface area is 203 Å². The minimum atomic E-state index is -0.335. The molecule has 2 aliphatic rings. The third-order valence-electron chi connectivity index (χ3n) is 7.71. The van der Waals surface area contributed by atoms with E-state index in [2.05, 4.69) is 87.7 Å². The van der Waals surface area contributed by atoms with Gasteiger partial charge in [0.25, 0.3) is 0 Å². The fourth-order valence-corrected chi connectivity index (χ4v) is 5.85. The van der Waals surface area contributed by atoms with E-state index in [1.54, 1.807) is 0 Å². The predicted molar refractivity (Wildman–Crippen MR) is 143 cm³/mol. The minimum absolute atomic E-state index is 0.335. The van der Waals surface area contributed by atoms with Crippen LogP contribution in [0.5, 0.6) is 0 Å². The Bertz CT molecular complexity index is 1220. The van der Waals surface area contributed by atoms with E-state index < -0.39 is 0 Å². The number of piperidine rings is 2. The molecular formula is C28H37BN4O. The molecule has 0 spiro atoms. The zero-order valence-corrected chi connectivity index (χ0v) is 20.5. The zero-order valence-electron chi connectivity index (χ0n) is 20.5. The average molecular weight is 456 g/mol. The van der Waals surface area contributed by atoms with E-state index in [0.717, 1.165) is 26.1 Å². The molecule has 2 aliphatic heterocycles. The van der Waals surface area contributed by atoms with Crippen molar-refractivity contribution >= 4 is 28.9 Å². The van der Waals surface area contributed by atoms with Crippen molar-refractivity contribution in [2.24, 2.45) is 7.05 Å². The zero-order chi connectivity index (χ0) is 23.5. The first kappa shape index (κ1) is 23.2. The van der Waals surface area contributed by atoms with Gasteiger partial charge in [-0.25, -0.2) is 0 Å². The van der Waals surface area contributed by atoms with Gasteiger partial charge in [-0.2, -0.15) is 0 Å². The Hall–Kier alpha value is -2.54. The van der Waals surface area contributed by atoms with Gasteiger partial charge in [-0.05, 0) is 87.2 Å². The van der Waals surface area contributed by atoms with E-state index in [-0.39, 0.29) is 7.05 Å². The number of nitrogens with one attached hydrogen (secondary N) is 2. The number of nitrogens with zero attached hydrogens (tertiary/aromatic N) is 2. The van der Waals surface area contributed by atoms with Crippen LogP contribution in [0.3, 0.4) is 0 Å². The lowest BCUT2D eigenvalue weighted by molar-refractivity contribution is 0.286. The van der Waals surface area contributed by atoms with Crippen LogP contribution in [0.2, 0.25) is 6.82 Å². The van der Waals surface area contributed by atoms with Gasteiger partial charge in [-0.15, -0.1) is 0 Å². The van der Waals surface area contributed by atoms with Crippen LogP contribution in [0.25, 0.3) is 21.8 Å².